The van der Waals surface area contributed by atoms with Crippen LogP contribution in [-0.2, 0) is 0 Å². The normalized spacial score (nSPS) is 10.4. The van der Waals surface area contributed by atoms with Gasteiger partial charge < -0.3 is 18.9 Å². The molecule has 0 fully saturated rings. The number of methoxy groups -OCH3 is 4. The molecule has 0 bridgehead atoms. The van der Waals surface area contributed by atoms with Gasteiger partial charge in [0, 0.05) is 6.07 Å². The fourth-order valence-electron chi connectivity index (χ4n) is 1.76. The fraction of sp³-hybridized carbons (Fsp3) is 0.357. The number of ether oxygens (including phenoxy) is 4. The lowest BCUT2D eigenvalue weighted by molar-refractivity contribution is 0.104. The Kier molecular flexibility index (Phi) is 5.23. The molecule has 104 valence electrons. The number of hydrogen-bond donors (Lipinski definition) is 0. The van der Waals surface area contributed by atoms with Gasteiger partial charge in [-0.25, -0.2) is 0 Å². The zero-order valence-corrected chi connectivity index (χ0v) is 11.8. The van der Waals surface area contributed by atoms with E-state index < -0.39 is 0 Å². The summed E-state index contributed by atoms with van der Waals surface area (Å²) in [5.41, 5.74) is 0.306. The fourth-order valence-corrected chi connectivity index (χ4v) is 1.76. The Labute approximate surface area is 112 Å². The summed E-state index contributed by atoms with van der Waals surface area (Å²) in [5.74, 6) is 1.24. The van der Waals surface area contributed by atoms with Gasteiger partial charge in [0.1, 0.15) is 11.3 Å². The van der Waals surface area contributed by atoms with E-state index in [1.807, 2.05) is 0 Å². The molecule has 0 aliphatic rings. The maximum Gasteiger partial charge on any atom is 0.204 e. The molecule has 5 nitrogen and oxygen atoms in total. The van der Waals surface area contributed by atoms with Crippen LogP contribution in [0.25, 0.3) is 0 Å². The number of benzene rings is 1. The average Bonchev–Trinajstić information content (AvgIpc) is 2.44. The van der Waals surface area contributed by atoms with Crippen LogP contribution in [0.15, 0.2) is 18.2 Å². The van der Waals surface area contributed by atoms with Crippen LogP contribution in [-0.4, -0.2) is 34.2 Å². The van der Waals surface area contributed by atoms with Gasteiger partial charge in [0.25, 0.3) is 0 Å². The second-order valence-electron chi connectivity index (χ2n) is 3.59. The second-order valence-corrected chi connectivity index (χ2v) is 3.59. The summed E-state index contributed by atoms with van der Waals surface area (Å²) in [5, 5.41) is 0. The SMILES string of the molecule is CC=CC(=O)c1c(OC)cc(OC)c(OC)c1OC. The van der Waals surface area contributed by atoms with Crippen molar-refractivity contribution in [3.8, 4) is 23.0 Å². The van der Waals surface area contributed by atoms with Crippen molar-refractivity contribution in [1.82, 2.24) is 0 Å². The van der Waals surface area contributed by atoms with E-state index in [2.05, 4.69) is 0 Å². The van der Waals surface area contributed by atoms with Gasteiger partial charge in [0.05, 0.1) is 28.4 Å². The summed E-state index contributed by atoms with van der Waals surface area (Å²) in [6.45, 7) is 1.76. The highest BCUT2D eigenvalue weighted by molar-refractivity contribution is 6.09. The first kappa shape index (κ1) is 14.9. The highest BCUT2D eigenvalue weighted by Crippen LogP contribution is 2.45. The van der Waals surface area contributed by atoms with Crippen molar-refractivity contribution in [3.05, 3.63) is 23.8 Å². The van der Waals surface area contributed by atoms with Crippen molar-refractivity contribution in [3.63, 3.8) is 0 Å². The number of hydrogen-bond acceptors (Lipinski definition) is 5. The minimum absolute atomic E-state index is 0.225. The van der Waals surface area contributed by atoms with Crippen LogP contribution in [0.3, 0.4) is 0 Å². The van der Waals surface area contributed by atoms with Crippen LogP contribution in [0.5, 0.6) is 23.0 Å². The zero-order valence-electron chi connectivity index (χ0n) is 11.8. The van der Waals surface area contributed by atoms with Crippen molar-refractivity contribution in [2.24, 2.45) is 0 Å². The molecule has 0 spiro atoms. The summed E-state index contributed by atoms with van der Waals surface area (Å²) in [7, 11) is 5.93. The first-order valence-corrected chi connectivity index (χ1v) is 5.68. The molecule has 19 heavy (non-hydrogen) atoms. The number of allylic oxidation sites excluding steroid dienone is 2. The molecule has 0 saturated carbocycles. The Bertz CT molecular complexity index is 491. The van der Waals surface area contributed by atoms with E-state index in [-0.39, 0.29) is 5.78 Å². The third-order valence-corrected chi connectivity index (χ3v) is 2.58. The maximum absolute atomic E-state index is 12.1. The van der Waals surface area contributed by atoms with E-state index in [1.54, 1.807) is 19.1 Å². The van der Waals surface area contributed by atoms with Gasteiger partial charge >= 0.3 is 0 Å². The quantitative estimate of drug-likeness (QED) is 0.585. The Morgan fingerprint density at radius 1 is 0.947 bits per heavy atom. The molecule has 1 aromatic rings. The molecule has 0 unspecified atom stereocenters. The number of ketones is 1. The molecule has 1 aromatic carbocycles. The van der Waals surface area contributed by atoms with Crippen LogP contribution in [0, 0.1) is 0 Å². The molecule has 0 aromatic heterocycles. The van der Waals surface area contributed by atoms with Crippen molar-refractivity contribution in [2.75, 3.05) is 28.4 Å². The third-order valence-electron chi connectivity index (χ3n) is 2.58. The van der Waals surface area contributed by atoms with Crippen molar-refractivity contribution in [1.29, 1.82) is 0 Å². The van der Waals surface area contributed by atoms with Crippen molar-refractivity contribution < 1.29 is 23.7 Å². The summed E-state index contributed by atoms with van der Waals surface area (Å²) in [6, 6.07) is 1.60. The lowest BCUT2D eigenvalue weighted by Gasteiger charge is -2.17. The second kappa shape index (κ2) is 6.68. The van der Waals surface area contributed by atoms with Gasteiger partial charge in [-0.05, 0) is 13.0 Å². The molecule has 0 aliphatic heterocycles. The predicted molar refractivity (Wildman–Crippen MR) is 71.8 cm³/mol. The van der Waals surface area contributed by atoms with Crippen LogP contribution in [0.2, 0.25) is 0 Å². The molecular formula is C14H18O5. The molecule has 0 radical (unpaired) electrons. The van der Waals surface area contributed by atoms with Gasteiger partial charge in [-0.1, -0.05) is 6.08 Å². The average molecular weight is 266 g/mol. The monoisotopic (exact) mass is 266 g/mol. The van der Waals surface area contributed by atoms with E-state index in [9.17, 15) is 4.79 Å². The van der Waals surface area contributed by atoms with E-state index in [1.165, 1.54) is 34.5 Å². The van der Waals surface area contributed by atoms with Crippen LogP contribution < -0.4 is 18.9 Å². The molecule has 0 amide bonds. The van der Waals surface area contributed by atoms with Crippen molar-refractivity contribution >= 4 is 5.78 Å². The van der Waals surface area contributed by atoms with E-state index >= 15 is 0 Å². The number of rotatable bonds is 6. The van der Waals surface area contributed by atoms with Crippen LogP contribution >= 0.6 is 0 Å². The van der Waals surface area contributed by atoms with Gasteiger partial charge in [-0.2, -0.15) is 0 Å². The first-order valence-electron chi connectivity index (χ1n) is 5.68. The molecule has 1 rings (SSSR count). The smallest absolute Gasteiger partial charge is 0.204 e. The molecular weight excluding hydrogens is 248 g/mol. The van der Waals surface area contributed by atoms with Gasteiger partial charge in [-0.3, -0.25) is 4.79 Å². The van der Waals surface area contributed by atoms with Crippen molar-refractivity contribution in [2.45, 2.75) is 6.92 Å². The molecule has 0 atom stereocenters. The Morgan fingerprint density at radius 2 is 1.53 bits per heavy atom. The van der Waals surface area contributed by atoms with Gasteiger partial charge in [0.2, 0.25) is 5.75 Å². The first-order chi connectivity index (χ1) is 9.14. The highest BCUT2D eigenvalue weighted by atomic mass is 16.5. The Balaban J connectivity index is 3.62. The summed E-state index contributed by atoms with van der Waals surface area (Å²) >= 11 is 0. The molecule has 5 heteroatoms. The van der Waals surface area contributed by atoms with E-state index in [0.717, 1.165) is 0 Å². The maximum atomic E-state index is 12.1. The van der Waals surface area contributed by atoms with Gasteiger partial charge in [-0.15, -0.1) is 0 Å². The molecule has 0 saturated heterocycles. The summed E-state index contributed by atoms with van der Waals surface area (Å²) in [4.78, 5) is 12.1. The van der Waals surface area contributed by atoms with Crippen LogP contribution in [0.4, 0.5) is 0 Å². The third kappa shape index (κ3) is 2.81. The topological polar surface area (TPSA) is 54.0 Å². The Morgan fingerprint density at radius 3 is 1.95 bits per heavy atom. The zero-order chi connectivity index (χ0) is 14.4. The number of carbonyl (C=O) groups is 1. The lowest BCUT2D eigenvalue weighted by atomic mass is 10.1. The van der Waals surface area contributed by atoms with E-state index in [0.29, 0.717) is 28.6 Å². The predicted octanol–water partition coefficient (Wildman–Crippen LogP) is 2.48. The minimum Gasteiger partial charge on any atom is -0.496 e. The standard InChI is InChI=1S/C14H18O5/c1-6-7-9(15)12-10(16-2)8-11(17-3)13(18-4)14(12)19-5/h6-8H,1-5H3. The molecule has 0 aliphatic carbocycles. The van der Waals surface area contributed by atoms with Gasteiger partial charge in [0.15, 0.2) is 17.3 Å². The summed E-state index contributed by atoms with van der Waals surface area (Å²) < 4.78 is 21.0. The molecule has 0 N–H and O–H groups in total. The van der Waals surface area contributed by atoms with Crippen LogP contribution in [0.1, 0.15) is 17.3 Å². The van der Waals surface area contributed by atoms with E-state index in [4.69, 9.17) is 18.9 Å². The number of carbonyl (C=O) groups excluding carboxylic acids is 1. The molecule has 0 heterocycles. The largest absolute Gasteiger partial charge is 0.496 e. The lowest BCUT2D eigenvalue weighted by Crippen LogP contribution is -2.06. The summed E-state index contributed by atoms with van der Waals surface area (Å²) in [6.07, 6.45) is 3.09. The Hall–Kier alpha value is -2.17. The minimum atomic E-state index is -0.225. The highest BCUT2D eigenvalue weighted by Gasteiger charge is 2.24.